The molecule has 0 saturated carbocycles. The van der Waals surface area contributed by atoms with Crippen LogP contribution in [0.3, 0.4) is 0 Å². The summed E-state index contributed by atoms with van der Waals surface area (Å²) in [6.45, 7) is 5.82. The van der Waals surface area contributed by atoms with E-state index in [4.69, 9.17) is 16.3 Å². The Balaban J connectivity index is 2.25. The van der Waals surface area contributed by atoms with E-state index in [1.54, 1.807) is 25.4 Å². The van der Waals surface area contributed by atoms with Gasteiger partial charge < -0.3 is 15.0 Å². The Morgan fingerprint density at radius 1 is 1.57 bits per heavy atom. The van der Waals surface area contributed by atoms with E-state index in [1.807, 2.05) is 13.1 Å². The Morgan fingerprint density at radius 3 is 3.00 bits per heavy atom. The van der Waals surface area contributed by atoms with Crippen LogP contribution >= 0.6 is 11.6 Å². The first-order valence-electron chi connectivity index (χ1n) is 6.94. The van der Waals surface area contributed by atoms with Gasteiger partial charge in [-0.15, -0.1) is 6.58 Å². The molecule has 0 aliphatic carbocycles. The van der Waals surface area contributed by atoms with Crippen molar-refractivity contribution in [2.75, 3.05) is 33.8 Å². The van der Waals surface area contributed by atoms with E-state index in [1.165, 1.54) is 0 Å². The Kier molecular flexibility index (Phi) is 8.28. The fraction of sp³-hybridized carbons (Fsp3) is 0.467. The SMILES string of the molecule is C=CCCCN(C)C(=NC)NCCOc1ccc(Cl)cn1. The number of halogens is 1. The Bertz CT molecular complexity index is 447. The minimum Gasteiger partial charge on any atom is -0.476 e. The Morgan fingerprint density at radius 2 is 2.38 bits per heavy atom. The molecule has 1 aromatic heterocycles. The molecular formula is C15H23ClN4O. The van der Waals surface area contributed by atoms with Crippen LogP contribution in [0, 0.1) is 0 Å². The molecule has 0 radical (unpaired) electrons. The number of guanidine groups is 1. The van der Waals surface area contributed by atoms with Crippen molar-refractivity contribution in [3.05, 3.63) is 36.0 Å². The second-order valence-corrected chi connectivity index (χ2v) is 4.93. The molecule has 0 aromatic carbocycles. The third-order valence-corrected chi connectivity index (χ3v) is 3.03. The molecule has 1 aromatic rings. The van der Waals surface area contributed by atoms with Gasteiger partial charge in [-0.05, 0) is 18.9 Å². The highest BCUT2D eigenvalue weighted by Crippen LogP contribution is 2.10. The van der Waals surface area contributed by atoms with Gasteiger partial charge in [0.2, 0.25) is 5.88 Å². The van der Waals surface area contributed by atoms with Crippen LogP contribution in [0.2, 0.25) is 5.02 Å². The molecule has 0 fully saturated rings. The zero-order chi connectivity index (χ0) is 15.5. The first-order chi connectivity index (χ1) is 10.2. The van der Waals surface area contributed by atoms with E-state index in [2.05, 4.69) is 26.8 Å². The maximum Gasteiger partial charge on any atom is 0.213 e. The van der Waals surface area contributed by atoms with E-state index >= 15 is 0 Å². The van der Waals surface area contributed by atoms with Crippen molar-refractivity contribution in [2.24, 2.45) is 4.99 Å². The highest BCUT2D eigenvalue weighted by atomic mass is 35.5. The van der Waals surface area contributed by atoms with E-state index in [9.17, 15) is 0 Å². The van der Waals surface area contributed by atoms with Crippen LogP contribution < -0.4 is 10.1 Å². The zero-order valence-corrected chi connectivity index (χ0v) is 13.4. The van der Waals surface area contributed by atoms with Gasteiger partial charge in [0.15, 0.2) is 5.96 Å². The molecular weight excluding hydrogens is 288 g/mol. The van der Waals surface area contributed by atoms with Gasteiger partial charge >= 0.3 is 0 Å². The lowest BCUT2D eigenvalue weighted by Crippen LogP contribution is -2.41. The summed E-state index contributed by atoms with van der Waals surface area (Å²) in [7, 11) is 3.79. The molecule has 0 amide bonds. The Hall–Kier alpha value is -1.75. The molecule has 21 heavy (non-hydrogen) atoms. The van der Waals surface area contributed by atoms with Crippen LogP contribution in [0.5, 0.6) is 5.88 Å². The monoisotopic (exact) mass is 310 g/mol. The smallest absolute Gasteiger partial charge is 0.213 e. The van der Waals surface area contributed by atoms with Gasteiger partial charge in [-0.1, -0.05) is 17.7 Å². The Labute approximate surface area is 131 Å². The number of ether oxygens (including phenoxy) is 1. The van der Waals surface area contributed by atoms with Crippen molar-refractivity contribution in [3.8, 4) is 5.88 Å². The van der Waals surface area contributed by atoms with Crippen molar-refractivity contribution in [1.82, 2.24) is 15.2 Å². The molecule has 0 aliphatic rings. The van der Waals surface area contributed by atoms with Crippen molar-refractivity contribution in [2.45, 2.75) is 12.8 Å². The van der Waals surface area contributed by atoms with Gasteiger partial charge in [0.05, 0.1) is 11.6 Å². The minimum atomic E-state index is 0.508. The lowest BCUT2D eigenvalue weighted by atomic mass is 10.3. The highest BCUT2D eigenvalue weighted by molar-refractivity contribution is 6.30. The maximum absolute atomic E-state index is 5.76. The summed E-state index contributed by atoms with van der Waals surface area (Å²) < 4.78 is 5.52. The molecule has 0 unspecified atom stereocenters. The average Bonchev–Trinajstić information content (AvgIpc) is 2.49. The maximum atomic E-state index is 5.76. The van der Waals surface area contributed by atoms with E-state index in [0.29, 0.717) is 24.1 Å². The highest BCUT2D eigenvalue weighted by Gasteiger charge is 2.04. The molecule has 1 N–H and O–H groups in total. The average molecular weight is 311 g/mol. The molecule has 5 nitrogen and oxygen atoms in total. The molecule has 0 aliphatic heterocycles. The molecule has 0 saturated heterocycles. The van der Waals surface area contributed by atoms with Crippen LogP contribution in [0.4, 0.5) is 0 Å². The van der Waals surface area contributed by atoms with E-state index in [-0.39, 0.29) is 0 Å². The van der Waals surface area contributed by atoms with Gasteiger partial charge in [0, 0.05) is 32.9 Å². The van der Waals surface area contributed by atoms with Gasteiger partial charge in [0.1, 0.15) is 6.61 Å². The number of pyridine rings is 1. The lowest BCUT2D eigenvalue weighted by molar-refractivity contribution is 0.307. The fourth-order valence-electron chi connectivity index (χ4n) is 1.73. The van der Waals surface area contributed by atoms with Crippen molar-refractivity contribution < 1.29 is 4.74 Å². The van der Waals surface area contributed by atoms with E-state index in [0.717, 1.165) is 25.3 Å². The summed E-state index contributed by atoms with van der Waals surface area (Å²) in [5, 5.41) is 3.85. The summed E-state index contributed by atoms with van der Waals surface area (Å²) >= 11 is 5.76. The number of unbranched alkanes of at least 4 members (excludes halogenated alkanes) is 1. The van der Waals surface area contributed by atoms with Gasteiger partial charge in [-0.25, -0.2) is 4.98 Å². The number of rotatable bonds is 8. The van der Waals surface area contributed by atoms with Gasteiger partial charge in [-0.3, -0.25) is 4.99 Å². The standard InChI is InChI=1S/C15H23ClN4O/c1-4-5-6-10-20(3)15(17-2)18-9-11-21-14-8-7-13(16)12-19-14/h4,7-8,12H,1,5-6,9-11H2,2-3H3,(H,17,18). The summed E-state index contributed by atoms with van der Waals surface area (Å²) in [4.78, 5) is 10.4. The second-order valence-electron chi connectivity index (χ2n) is 4.49. The largest absolute Gasteiger partial charge is 0.476 e. The summed E-state index contributed by atoms with van der Waals surface area (Å²) in [6, 6.07) is 3.50. The number of hydrogen-bond acceptors (Lipinski definition) is 3. The molecule has 6 heteroatoms. The van der Waals surface area contributed by atoms with Crippen LogP contribution in [0.25, 0.3) is 0 Å². The first kappa shape index (κ1) is 17.3. The number of aromatic nitrogens is 1. The molecule has 116 valence electrons. The van der Waals surface area contributed by atoms with Gasteiger partial charge in [-0.2, -0.15) is 0 Å². The summed E-state index contributed by atoms with van der Waals surface area (Å²) in [5.74, 6) is 1.42. The number of nitrogens with one attached hydrogen (secondary N) is 1. The number of aliphatic imine (C=N–C) groups is 1. The number of nitrogens with zero attached hydrogens (tertiary/aromatic N) is 3. The third kappa shape index (κ3) is 6.99. The molecule has 0 atom stereocenters. The van der Waals surface area contributed by atoms with Crippen LogP contribution in [0.1, 0.15) is 12.8 Å². The van der Waals surface area contributed by atoms with Crippen molar-refractivity contribution in [1.29, 1.82) is 0 Å². The third-order valence-electron chi connectivity index (χ3n) is 2.81. The minimum absolute atomic E-state index is 0.508. The molecule has 0 bridgehead atoms. The van der Waals surface area contributed by atoms with E-state index < -0.39 is 0 Å². The first-order valence-corrected chi connectivity index (χ1v) is 7.32. The van der Waals surface area contributed by atoms with Crippen molar-refractivity contribution in [3.63, 3.8) is 0 Å². The summed E-state index contributed by atoms with van der Waals surface area (Å²) in [6.07, 6.45) is 5.56. The second kappa shape index (κ2) is 10.0. The number of allylic oxidation sites excluding steroid dienone is 1. The quantitative estimate of drug-likeness (QED) is 0.347. The molecule has 1 rings (SSSR count). The van der Waals surface area contributed by atoms with Crippen LogP contribution in [-0.2, 0) is 0 Å². The van der Waals surface area contributed by atoms with Crippen LogP contribution in [0.15, 0.2) is 36.0 Å². The van der Waals surface area contributed by atoms with Gasteiger partial charge in [0.25, 0.3) is 0 Å². The fourth-order valence-corrected chi connectivity index (χ4v) is 1.84. The zero-order valence-electron chi connectivity index (χ0n) is 12.7. The van der Waals surface area contributed by atoms with Crippen LogP contribution in [-0.4, -0.2) is 49.6 Å². The lowest BCUT2D eigenvalue weighted by Gasteiger charge is -2.21. The molecule has 0 spiro atoms. The predicted molar refractivity (Wildman–Crippen MR) is 88.2 cm³/mol. The normalized spacial score (nSPS) is 11.1. The topological polar surface area (TPSA) is 49.8 Å². The summed E-state index contributed by atoms with van der Waals surface area (Å²) in [5.41, 5.74) is 0. The molecule has 1 heterocycles. The van der Waals surface area contributed by atoms with Crippen molar-refractivity contribution >= 4 is 17.6 Å². The predicted octanol–water partition coefficient (Wildman–Crippen LogP) is 2.59. The number of hydrogen-bond donors (Lipinski definition) is 1.